The molecule has 5 heteroatoms. The van der Waals surface area contributed by atoms with Gasteiger partial charge in [0.25, 0.3) is 0 Å². The van der Waals surface area contributed by atoms with Crippen molar-refractivity contribution < 1.29 is 14.7 Å². The lowest BCUT2D eigenvalue weighted by Crippen LogP contribution is -2.43. The highest BCUT2D eigenvalue weighted by molar-refractivity contribution is 6.04. The highest BCUT2D eigenvalue weighted by Gasteiger charge is 2.17. The quantitative estimate of drug-likeness (QED) is 0.791. The van der Waals surface area contributed by atoms with E-state index in [9.17, 15) is 14.7 Å². The number of urea groups is 1. The van der Waals surface area contributed by atoms with E-state index >= 15 is 0 Å². The summed E-state index contributed by atoms with van der Waals surface area (Å²) in [5, 5.41) is 16.3. The van der Waals surface area contributed by atoms with Crippen LogP contribution in [0, 0.1) is 0 Å². The molecule has 0 spiro atoms. The third-order valence-electron chi connectivity index (χ3n) is 2.85. The number of anilines is 1. The van der Waals surface area contributed by atoms with E-state index in [1.54, 1.807) is 12.1 Å². The molecule has 5 nitrogen and oxygen atoms in total. The van der Waals surface area contributed by atoms with Crippen LogP contribution in [0.1, 0.15) is 31.1 Å². The number of carbonyl (C=O) groups is 2. The van der Waals surface area contributed by atoms with Crippen molar-refractivity contribution in [1.29, 1.82) is 0 Å². The molecule has 110 valence electrons. The molecule has 0 bridgehead atoms. The van der Waals surface area contributed by atoms with Gasteiger partial charge in [-0.25, -0.2) is 9.59 Å². The van der Waals surface area contributed by atoms with E-state index < -0.39 is 17.5 Å². The largest absolute Gasteiger partial charge is 0.478 e. The first-order valence-corrected chi connectivity index (χ1v) is 6.61. The van der Waals surface area contributed by atoms with Gasteiger partial charge < -0.3 is 15.7 Å². The van der Waals surface area contributed by atoms with Gasteiger partial charge in [0.1, 0.15) is 0 Å². The molecular formula is C16H18N2O3. The van der Waals surface area contributed by atoms with E-state index in [0.717, 1.165) is 10.8 Å². The molecule has 0 aromatic heterocycles. The molecule has 2 aromatic rings. The fraction of sp³-hybridized carbons (Fsp3) is 0.250. The third-order valence-corrected chi connectivity index (χ3v) is 2.85. The second-order valence-electron chi connectivity index (χ2n) is 5.88. The Morgan fingerprint density at radius 3 is 2.14 bits per heavy atom. The summed E-state index contributed by atoms with van der Waals surface area (Å²) in [6.07, 6.45) is 0. The maximum atomic E-state index is 11.9. The van der Waals surface area contributed by atoms with Gasteiger partial charge in [0, 0.05) is 5.54 Å². The number of nitrogens with one attached hydrogen (secondary N) is 2. The van der Waals surface area contributed by atoms with Gasteiger partial charge in [-0.2, -0.15) is 0 Å². The molecule has 2 aromatic carbocycles. The molecular weight excluding hydrogens is 268 g/mol. The van der Waals surface area contributed by atoms with Crippen molar-refractivity contribution in [3.63, 3.8) is 0 Å². The summed E-state index contributed by atoms with van der Waals surface area (Å²) >= 11 is 0. The van der Waals surface area contributed by atoms with E-state index in [1.807, 2.05) is 45.0 Å². The molecule has 0 aliphatic heterocycles. The van der Waals surface area contributed by atoms with Crippen LogP contribution in [-0.2, 0) is 0 Å². The zero-order valence-corrected chi connectivity index (χ0v) is 12.2. The molecule has 0 saturated carbocycles. The molecule has 3 N–H and O–H groups in total. The lowest BCUT2D eigenvalue weighted by Gasteiger charge is -2.21. The lowest BCUT2D eigenvalue weighted by atomic mass is 10.0. The third kappa shape index (κ3) is 3.72. The normalized spacial score (nSPS) is 11.2. The molecule has 0 atom stereocenters. The second-order valence-corrected chi connectivity index (χ2v) is 5.88. The SMILES string of the molecule is CC(C)(C)NC(=O)Nc1cc2ccccc2cc1C(=O)O. The number of hydrogen-bond acceptors (Lipinski definition) is 2. The average Bonchev–Trinajstić information content (AvgIpc) is 2.35. The number of amides is 2. The number of aromatic carboxylic acids is 1. The van der Waals surface area contributed by atoms with E-state index in [2.05, 4.69) is 10.6 Å². The minimum absolute atomic E-state index is 0.0674. The van der Waals surface area contributed by atoms with Crippen LogP contribution in [0.2, 0.25) is 0 Å². The van der Waals surface area contributed by atoms with Crippen LogP contribution in [0.25, 0.3) is 10.8 Å². The molecule has 0 heterocycles. The molecule has 0 aliphatic carbocycles. The Morgan fingerprint density at radius 2 is 1.62 bits per heavy atom. The number of hydrogen-bond donors (Lipinski definition) is 3. The van der Waals surface area contributed by atoms with Crippen molar-refractivity contribution >= 4 is 28.5 Å². The standard InChI is InChI=1S/C16H18N2O3/c1-16(2,3)18-15(21)17-13-9-11-7-5-4-6-10(11)8-12(13)14(19)20/h4-9H,1-3H3,(H,19,20)(H2,17,18,21). The maximum Gasteiger partial charge on any atom is 0.337 e. The first kappa shape index (κ1) is 14.8. The molecule has 21 heavy (non-hydrogen) atoms. The number of rotatable bonds is 2. The fourth-order valence-electron chi connectivity index (χ4n) is 2.01. The van der Waals surface area contributed by atoms with E-state index in [1.165, 1.54) is 0 Å². The number of fused-ring (bicyclic) bond motifs is 1. The molecule has 0 unspecified atom stereocenters. The van der Waals surface area contributed by atoms with Gasteiger partial charge in [-0.05, 0) is 43.7 Å². The first-order valence-electron chi connectivity index (χ1n) is 6.61. The van der Waals surface area contributed by atoms with Crippen molar-refractivity contribution in [3.05, 3.63) is 42.0 Å². The summed E-state index contributed by atoms with van der Waals surface area (Å²) in [6, 6.07) is 10.2. The predicted octanol–water partition coefficient (Wildman–Crippen LogP) is 3.46. The molecule has 0 saturated heterocycles. The summed E-state index contributed by atoms with van der Waals surface area (Å²) in [5.41, 5.74) is -0.0506. The van der Waals surface area contributed by atoms with Crippen molar-refractivity contribution in [2.24, 2.45) is 0 Å². The smallest absolute Gasteiger partial charge is 0.337 e. The van der Waals surface area contributed by atoms with Gasteiger partial charge in [-0.1, -0.05) is 24.3 Å². The maximum absolute atomic E-state index is 11.9. The Kier molecular flexibility index (Phi) is 3.84. The summed E-state index contributed by atoms with van der Waals surface area (Å²) < 4.78 is 0. The molecule has 2 amide bonds. The lowest BCUT2D eigenvalue weighted by molar-refractivity contribution is 0.0698. The predicted molar refractivity (Wildman–Crippen MR) is 82.8 cm³/mol. The van der Waals surface area contributed by atoms with Crippen LogP contribution in [0.3, 0.4) is 0 Å². The van der Waals surface area contributed by atoms with Gasteiger partial charge >= 0.3 is 12.0 Å². The minimum atomic E-state index is -1.08. The molecule has 0 aliphatic rings. The first-order chi connectivity index (χ1) is 9.76. The summed E-state index contributed by atoms with van der Waals surface area (Å²) in [7, 11) is 0. The topological polar surface area (TPSA) is 78.4 Å². The van der Waals surface area contributed by atoms with Crippen LogP contribution >= 0.6 is 0 Å². The monoisotopic (exact) mass is 286 g/mol. The molecule has 0 radical (unpaired) electrons. The van der Waals surface area contributed by atoms with Crippen molar-refractivity contribution in [1.82, 2.24) is 5.32 Å². The van der Waals surface area contributed by atoms with Crippen molar-refractivity contribution in [3.8, 4) is 0 Å². The Balaban J connectivity index is 2.39. The van der Waals surface area contributed by atoms with Gasteiger partial charge in [0.2, 0.25) is 0 Å². The van der Waals surface area contributed by atoms with E-state index in [4.69, 9.17) is 0 Å². The summed E-state index contributed by atoms with van der Waals surface area (Å²) in [4.78, 5) is 23.3. The van der Waals surface area contributed by atoms with Crippen LogP contribution in [0.5, 0.6) is 0 Å². The Morgan fingerprint density at radius 1 is 1.05 bits per heavy atom. The van der Waals surface area contributed by atoms with Gasteiger partial charge in [-0.3, -0.25) is 0 Å². The van der Waals surface area contributed by atoms with Crippen LogP contribution in [0.4, 0.5) is 10.5 Å². The molecule has 2 rings (SSSR count). The highest BCUT2D eigenvalue weighted by atomic mass is 16.4. The molecule has 0 fully saturated rings. The summed E-state index contributed by atoms with van der Waals surface area (Å²) in [5.74, 6) is -1.08. The number of carboxylic acid groups (broad SMARTS) is 1. The minimum Gasteiger partial charge on any atom is -0.478 e. The average molecular weight is 286 g/mol. The van der Waals surface area contributed by atoms with Gasteiger partial charge in [0.05, 0.1) is 11.3 Å². The Bertz CT molecular complexity index is 702. The highest BCUT2D eigenvalue weighted by Crippen LogP contribution is 2.24. The van der Waals surface area contributed by atoms with Crippen LogP contribution < -0.4 is 10.6 Å². The van der Waals surface area contributed by atoms with Crippen molar-refractivity contribution in [2.75, 3.05) is 5.32 Å². The fourth-order valence-corrected chi connectivity index (χ4v) is 2.01. The van der Waals surface area contributed by atoms with E-state index in [0.29, 0.717) is 0 Å². The Hall–Kier alpha value is -2.56. The van der Waals surface area contributed by atoms with Gasteiger partial charge in [0.15, 0.2) is 0 Å². The zero-order valence-electron chi connectivity index (χ0n) is 12.2. The van der Waals surface area contributed by atoms with Gasteiger partial charge in [-0.15, -0.1) is 0 Å². The number of carboxylic acids is 1. The number of carbonyl (C=O) groups excluding carboxylic acids is 1. The van der Waals surface area contributed by atoms with Crippen LogP contribution in [0.15, 0.2) is 36.4 Å². The van der Waals surface area contributed by atoms with Crippen LogP contribution in [-0.4, -0.2) is 22.6 Å². The van der Waals surface area contributed by atoms with Crippen molar-refractivity contribution in [2.45, 2.75) is 26.3 Å². The number of benzene rings is 2. The zero-order chi connectivity index (χ0) is 15.6. The second kappa shape index (κ2) is 5.44. The van der Waals surface area contributed by atoms with E-state index in [-0.39, 0.29) is 11.3 Å². The Labute approximate surface area is 123 Å². The summed E-state index contributed by atoms with van der Waals surface area (Å²) in [6.45, 7) is 5.56.